The van der Waals surface area contributed by atoms with E-state index in [0.29, 0.717) is 0 Å². The fourth-order valence-electron chi connectivity index (χ4n) is 10.7. The van der Waals surface area contributed by atoms with Gasteiger partial charge in [-0.1, -0.05) is 279 Å². The molecule has 0 bridgehead atoms. The lowest BCUT2D eigenvalue weighted by Crippen LogP contribution is -2.78. The van der Waals surface area contributed by atoms with Gasteiger partial charge in [-0.3, -0.25) is 0 Å². The second-order valence-corrected chi connectivity index (χ2v) is 24.3. The highest BCUT2D eigenvalue weighted by Gasteiger charge is 2.46. The van der Waals surface area contributed by atoms with Gasteiger partial charge < -0.3 is 0 Å². The summed E-state index contributed by atoms with van der Waals surface area (Å²) in [5.41, 5.74) is 5.00. The van der Waals surface area contributed by atoms with Crippen molar-refractivity contribution in [3.05, 3.63) is 279 Å². The van der Waals surface area contributed by atoms with Crippen LogP contribution in [0.5, 0.6) is 0 Å². The Balaban J connectivity index is 1.37. The second kappa shape index (κ2) is 16.9. The van der Waals surface area contributed by atoms with E-state index in [-0.39, 0.29) is 0 Å². The lowest BCUT2D eigenvalue weighted by atomic mass is 9.86. The number of hydrogen-bond donors (Lipinski definition) is 0. The molecular weight excluding hydrogens is 801 g/mol. The molecule has 0 saturated carbocycles. The maximum Gasteiger partial charge on any atom is 0.179 e. The van der Waals surface area contributed by atoms with Gasteiger partial charge in [0.05, 0.1) is 0 Å². The van der Waals surface area contributed by atoms with Crippen molar-refractivity contribution >= 4 is 79.2 Å². The van der Waals surface area contributed by atoms with Crippen LogP contribution in [0.25, 0.3) is 43.8 Å². The largest absolute Gasteiger partial charge is 0.179 e. The van der Waals surface area contributed by atoms with Crippen LogP contribution in [0.2, 0.25) is 0 Å². The van der Waals surface area contributed by atoms with Gasteiger partial charge in [-0.05, 0) is 85.3 Å². The fraction of sp³-hybridized carbons (Fsp3) is 0. The standard InChI is InChI=1S/C62H46Si2/c1-8-26-47(27-9-1)61-57-40-22-24-42-59(57)62(60-43-25-23-41-58(60)61)48-44-55(63(49-28-10-2-11-29-49,50-30-12-3-13-31-50)51-32-14-4-15-33-51)46-56(45-48)64(52-34-16-5-17-35-52,53-36-18-6-19-37-53)54-38-20-7-21-39-54/h1-46H. The van der Waals surface area contributed by atoms with Crippen LogP contribution in [0.1, 0.15) is 0 Å². The van der Waals surface area contributed by atoms with E-state index in [9.17, 15) is 0 Å². The zero-order valence-electron chi connectivity index (χ0n) is 35.6. The summed E-state index contributed by atoms with van der Waals surface area (Å²) >= 11 is 0. The van der Waals surface area contributed by atoms with E-state index >= 15 is 0 Å². The molecule has 0 aliphatic rings. The van der Waals surface area contributed by atoms with Crippen molar-refractivity contribution in [3.8, 4) is 22.3 Å². The van der Waals surface area contributed by atoms with E-state index in [1.807, 2.05) is 0 Å². The Morgan fingerprint density at radius 1 is 0.172 bits per heavy atom. The first kappa shape index (κ1) is 39.2. The normalized spacial score (nSPS) is 11.8. The zero-order valence-corrected chi connectivity index (χ0v) is 37.6. The van der Waals surface area contributed by atoms with E-state index in [1.165, 1.54) is 85.3 Å². The molecule has 0 saturated heterocycles. The first-order valence-corrected chi connectivity index (χ1v) is 26.3. The van der Waals surface area contributed by atoms with Crippen LogP contribution in [-0.4, -0.2) is 16.1 Å². The third-order valence-corrected chi connectivity index (χ3v) is 22.8. The van der Waals surface area contributed by atoms with Crippen LogP contribution in [0.4, 0.5) is 0 Å². The van der Waals surface area contributed by atoms with Gasteiger partial charge >= 0.3 is 0 Å². The molecule has 0 N–H and O–H groups in total. The third kappa shape index (κ3) is 6.50. The minimum Gasteiger partial charge on any atom is -0.0623 e. The molecule has 0 amide bonds. The maximum absolute atomic E-state index is 3.05. The lowest BCUT2D eigenvalue weighted by molar-refractivity contribution is 1.64. The van der Waals surface area contributed by atoms with Crippen molar-refractivity contribution in [2.24, 2.45) is 0 Å². The topological polar surface area (TPSA) is 0 Å². The molecule has 0 radical (unpaired) electrons. The Kier molecular flexibility index (Phi) is 10.4. The molecule has 0 atom stereocenters. The Labute approximate surface area is 378 Å². The molecule has 0 spiro atoms. The summed E-state index contributed by atoms with van der Waals surface area (Å²) in [6, 6.07) is 105. The van der Waals surface area contributed by atoms with Gasteiger partial charge in [0, 0.05) is 0 Å². The quantitative estimate of drug-likeness (QED) is 0.0731. The van der Waals surface area contributed by atoms with Crippen LogP contribution >= 0.6 is 0 Å². The Hall–Kier alpha value is -7.63. The summed E-state index contributed by atoms with van der Waals surface area (Å²) < 4.78 is 0. The van der Waals surface area contributed by atoms with E-state index in [0.717, 1.165) is 0 Å². The van der Waals surface area contributed by atoms with Crippen molar-refractivity contribution in [3.63, 3.8) is 0 Å². The van der Waals surface area contributed by atoms with Gasteiger partial charge in [-0.15, -0.1) is 0 Å². The number of benzene rings is 11. The summed E-state index contributed by atoms with van der Waals surface area (Å²) in [6.45, 7) is 0. The minimum absolute atomic E-state index is 1.23. The van der Waals surface area contributed by atoms with Gasteiger partial charge in [0.25, 0.3) is 0 Å². The Morgan fingerprint density at radius 3 is 0.656 bits per heavy atom. The van der Waals surface area contributed by atoms with Crippen LogP contribution in [0, 0.1) is 0 Å². The summed E-state index contributed by atoms with van der Waals surface area (Å²) in [6.07, 6.45) is 0. The maximum atomic E-state index is 2.66. The van der Waals surface area contributed by atoms with Crippen molar-refractivity contribution < 1.29 is 0 Å². The number of rotatable bonds is 10. The van der Waals surface area contributed by atoms with Gasteiger partial charge in [-0.25, -0.2) is 0 Å². The van der Waals surface area contributed by atoms with E-state index < -0.39 is 16.1 Å². The van der Waals surface area contributed by atoms with E-state index in [1.54, 1.807) is 0 Å². The van der Waals surface area contributed by atoms with Gasteiger partial charge in [-0.2, -0.15) is 0 Å². The summed E-state index contributed by atoms with van der Waals surface area (Å²) in [5.74, 6) is 0. The highest BCUT2D eigenvalue weighted by molar-refractivity contribution is 7.22. The Morgan fingerprint density at radius 2 is 0.391 bits per heavy atom. The first-order valence-electron chi connectivity index (χ1n) is 22.3. The number of hydrogen-bond acceptors (Lipinski definition) is 0. The molecule has 2 heteroatoms. The molecule has 0 fully saturated rings. The van der Waals surface area contributed by atoms with Crippen molar-refractivity contribution in [2.45, 2.75) is 0 Å². The van der Waals surface area contributed by atoms with Crippen molar-refractivity contribution in [1.82, 2.24) is 0 Å². The summed E-state index contributed by atoms with van der Waals surface area (Å²) in [4.78, 5) is 0. The molecule has 302 valence electrons. The molecule has 0 unspecified atom stereocenters. The van der Waals surface area contributed by atoms with Gasteiger partial charge in [0.1, 0.15) is 0 Å². The van der Waals surface area contributed by atoms with Crippen molar-refractivity contribution in [2.75, 3.05) is 0 Å². The van der Waals surface area contributed by atoms with Gasteiger partial charge in [0.2, 0.25) is 0 Å². The average molecular weight is 847 g/mol. The number of fused-ring (bicyclic) bond motifs is 2. The van der Waals surface area contributed by atoms with Crippen LogP contribution < -0.4 is 41.5 Å². The Bertz CT molecular complexity index is 2940. The zero-order chi connectivity index (χ0) is 42.8. The summed E-state index contributed by atoms with van der Waals surface area (Å²) in [7, 11) is -6.11. The monoisotopic (exact) mass is 846 g/mol. The van der Waals surface area contributed by atoms with E-state index in [4.69, 9.17) is 0 Å². The molecule has 0 aliphatic heterocycles. The van der Waals surface area contributed by atoms with Crippen LogP contribution in [0.15, 0.2) is 279 Å². The second-order valence-electron chi connectivity index (χ2n) is 16.7. The molecule has 11 aromatic carbocycles. The third-order valence-electron chi connectivity index (χ3n) is 13.3. The fourth-order valence-corrected chi connectivity index (χ4v) is 20.5. The highest BCUT2D eigenvalue weighted by atomic mass is 28.3. The molecular formula is C62H46Si2. The smallest absolute Gasteiger partial charge is 0.0623 e. The highest BCUT2D eigenvalue weighted by Crippen LogP contribution is 2.43. The molecule has 64 heavy (non-hydrogen) atoms. The molecule has 0 aliphatic carbocycles. The van der Waals surface area contributed by atoms with E-state index in [2.05, 4.69) is 279 Å². The average Bonchev–Trinajstić information content (AvgIpc) is 3.38. The predicted octanol–water partition coefficient (Wildman–Crippen LogP) is 10.1. The minimum atomic E-state index is -3.05. The molecule has 0 heterocycles. The first-order chi connectivity index (χ1) is 31.8. The summed E-state index contributed by atoms with van der Waals surface area (Å²) in [5, 5.41) is 15.9. The van der Waals surface area contributed by atoms with Crippen LogP contribution in [-0.2, 0) is 0 Å². The lowest BCUT2D eigenvalue weighted by Gasteiger charge is -2.38. The molecule has 0 aromatic heterocycles. The predicted molar refractivity (Wildman–Crippen MR) is 280 cm³/mol. The molecule has 0 nitrogen and oxygen atoms in total. The van der Waals surface area contributed by atoms with Crippen LogP contribution in [0.3, 0.4) is 0 Å². The SMILES string of the molecule is c1ccc(-c2c3ccccc3c(-c3cc([Si](c4ccccc4)(c4ccccc4)c4ccccc4)cc([Si](c4ccccc4)(c4ccccc4)c4ccccc4)c3)c3ccccc23)cc1. The van der Waals surface area contributed by atoms with Crippen molar-refractivity contribution in [1.29, 1.82) is 0 Å². The molecule has 11 aromatic rings. The van der Waals surface area contributed by atoms with Gasteiger partial charge in [0.15, 0.2) is 16.1 Å². The molecule has 11 rings (SSSR count).